The van der Waals surface area contributed by atoms with Crippen LogP contribution in [0.25, 0.3) is 21.9 Å². The van der Waals surface area contributed by atoms with Crippen LogP contribution in [0.1, 0.15) is 36.8 Å². The first-order valence-electron chi connectivity index (χ1n) is 11.1. The largest absolute Gasteiger partial charge is 0.506 e. The Balaban J connectivity index is 1.45. The topological polar surface area (TPSA) is 126 Å². The third kappa shape index (κ3) is 3.98. The molecule has 2 atom stereocenters. The van der Waals surface area contributed by atoms with Crippen LogP contribution >= 0.6 is 0 Å². The summed E-state index contributed by atoms with van der Waals surface area (Å²) in [5.74, 6) is -0.352. The second-order valence-corrected chi connectivity index (χ2v) is 8.27. The van der Waals surface area contributed by atoms with Gasteiger partial charge in [-0.25, -0.2) is 9.59 Å². The summed E-state index contributed by atoms with van der Waals surface area (Å²) in [5, 5.41) is 22.0. The van der Waals surface area contributed by atoms with E-state index in [-0.39, 0.29) is 34.7 Å². The molecule has 0 saturated heterocycles. The summed E-state index contributed by atoms with van der Waals surface area (Å²) in [6.45, 7) is 0. The lowest BCUT2D eigenvalue weighted by atomic mass is 9.91. The van der Waals surface area contributed by atoms with E-state index < -0.39 is 11.3 Å². The predicted molar refractivity (Wildman–Crippen MR) is 130 cm³/mol. The summed E-state index contributed by atoms with van der Waals surface area (Å²) in [6.07, 6.45) is 6.03. The molecule has 8 nitrogen and oxygen atoms in total. The maximum Gasteiger partial charge on any atom is 0.348 e. The number of aliphatic imine (C=N–C) groups is 2. The van der Waals surface area contributed by atoms with Crippen LogP contribution in [0.5, 0.6) is 11.5 Å². The van der Waals surface area contributed by atoms with E-state index in [0.29, 0.717) is 21.9 Å². The second-order valence-electron chi connectivity index (χ2n) is 8.27. The molecule has 1 aliphatic carbocycles. The first-order chi connectivity index (χ1) is 16.5. The monoisotopic (exact) mass is 458 g/mol. The van der Waals surface area contributed by atoms with E-state index in [4.69, 9.17) is 8.83 Å². The quantitative estimate of drug-likeness (QED) is 0.349. The highest BCUT2D eigenvalue weighted by atomic mass is 16.4. The summed E-state index contributed by atoms with van der Waals surface area (Å²) in [6, 6.07) is 13.0. The number of hydrogen-bond donors (Lipinski definition) is 2. The van der Waals surface area contributed by atoms with Crippen molar-refractivity contribution in [2.24, 2.45) is 9.98 Å². The van der Waals surface area contributed by atoms with Crippen molar-refractivity contribution in [3.05, 3.63) is 80.5 Å². The third-order valence-corrected chi connectivity index (χ3v) is 6.12. The molecule has 4 aromatic rings. The molecule has 2 aromatic carbocycles. The molecular formula is C26H22N2O6. The Kier molecular flexibility index (Phi) is 5.71. The van der Waals surface area contributed by atoms with Gasteiger partial charge in [-0.2, -0.15) is 0 Å². The molecule has 1 aliphatic rings. The molecule has 5 rings (SSSR count). The molecule has 2 N–H and O–H groups in total. The van der Waals surface area contributed by atoms with Gasteiger partial charge >= 0.3 is 11.3 Å². The van der Waals surface area contributed by atoms with Crippen LogP contribution in [0, 0.1) is 0 Å². The molecule has 172 valence electrons. The Hall–Kier alpha value is -4.20. The molecule has 1 saturated carbocycles. The van der Waals surface area contributed by atoms with Gasteiger partial charge < -0.3 is 19.0 Å². The van der Waals surface area contributed by atoms with Gasteiger partial charge in [-0.15, -0.1) is 0 Å². The lowest BCUT2D eigenvalue weighted by Gasteiger charge is -2.25. The lowest BCUT2D eigenvalue weighted by Crippen LogP contribution is -2.27. The van der Waals surface area contributed by atoms with E-state index in [1.807, 2.05) is 0 Å². The van der Waals surface area contributed by atoms with Crippen molar-refractivity contribution < 1.29 is 19.0 Å². The van der Waals surface area contributed by atoms with Crippen molar-refractivity contribution in [2.75, 3.05) is 0 Å². The van der Waals surface area contributed by atoms with E-state index in [9.17, 15) is 19.8 Å². The van der Waals surface area contributed by atoms with Crippen molar-refractivity contribution in [2.45, 2.75) is 37.8 Å². The lowest BCUT2D eigenvalue weighted by molar-refractivity contribution is 0.389. The summed E-state index contributed by atoms with van der Waals surface area (Å²) < 4.78 is 10.6. The van der Waals surface area contributed by atoms with Crippen LogP contribution in [-0.2, 0) is 0 Å². The van der Waals surface area contributed by atoms with Crippen LogP contribution in [0.3, 0.4) is 0 Å². The molecule has 2 unspecified atom stereocenters. The van der Waals surface area contributed by atoms with Gasteiger partial charge in [0.15, 0.2) is 0 Å². The molecule has 34 heavy (non-hydrogen) atoms. The highest BCUT2D eigenvalue weighted by Crippen LogP contribution is 2.28. The SMILES string of the molecule is O=c1oc2ccccc2c(O)c1C=NC1CCCCC1N=Cc1c(O)c2ccccc2oc1=O. The zero-order chi connectivity index (χ0) is 23.7. The molecule has 0 spiro atoms. The van der Waals surface area contributed by atoms with E-state index in [2.05, 4.69) is 9.98 Å². The smallest absolute Gasteiger partial charge is 0.348 e. The molecule has 0 amide bonds. The molecule has 0 aliphatic heterocycles. The maximum absolute atomic E-state index is 12.4. The van der Waals surface area contributed by atoms with E-state index >= 15 is 0 Å². The minimum atomic E-state index is -0.672. The molecule has 2 heterocycles. The van der Waals surface area contributed by atoms with Gasteiger partial charge in [-0.05, 0) is 37.1 Å². The first-order valence-corrected chi connectivity index (χ1v) is 11.1. The van der Waals surface area contributed by atoms with Crippen molar-refractivity contribution in [3.8, 4) is 11.5 Å². The Morgan fingerprint density at radius 2 is 1.12 bits per heavy atom. The summed E-state index contributed by atoms with van der Waals surface area (Å²) >= 11 is 0. The molecule has 8 heteroatoms. The van der Waals surface area contributed by atoms with Crippen LogP contribution < -0.4 is 11.3 Å². The highest BCUT2D eigenvalue weighted by molar-refractivity contribution is 5.94. The Morgan fingerprint density at radius 1 is 0.706 bits per heavy atom. The van der Waals surface area contributed by atoms with Crippen molar-refractivity contribution >= 4 is 34.4 Å². The van der Waals surface area contributed by atoms with E-state index in [1.54, 1.807) is 48.5 Å². The van der Waals surface area contributed by atoms with Gasteiger partial charge in [0.25, 0.3) is 0 Å². The molecule has 0 bridgehead atoms. The van der Waals surface area contributed by atoms with E-state index in [1.165, 1.54) is 12.4 Å². The van der Waals surface area contributed by atoms with Crippen LogP contribution in [-0.4, -0.2) is 34.7 Å². The van der Waals surface area contributed by atoms with Crippen LogP contribution in [0.15, 0.2) is 76.9 Å². The summed E-state index contributed by atoms with van der Waals surface area (Å²) in [7, 11) is 0. The normalized spacial score (nSPS) is 18.9. The average molecular weight is 458 g/mol. The fourth-order valence-electron chi connectivity index (χ4n) is 4.30. The Labute approximate surface area is 193 Å². The van der Waals surface area contributed by atoms with Crippen LogP contribution in [0.4, 0.5) is 0 Å². The summed E-state index contributed by atoms with van der Waals surface area (Å²) in [4.78, 5) is 33.9. The molecular weight excluding hydrogens is 436 g/mol. The number of rotatable bonds is 4. The average Bonchev–Trinajstić information content (AvgIpc) is 2.84. The number of nitrogens with zero attached hydrogens (tertiary/aromatic N) is 2. The standard InChI is InChI=1S/C26H22N2O6/c29-23-15-7-1-5-11-21(15)33-25(31)17(23)13-27-19-9-3-4-10-20(19)28-14-18-24(30)16-8-2-6-12-22(16)34-26(18)32/h1-2,5-8,11-14,19-20,29-30H,3-4,9-10H2. The molecule has 1 fully saturated rings. The zero-order valence-corrected chi connectivity index (χ0v) is 18.2. The molecule has 2 aromatic heterocycles. The minimum Gasteiger partial charge on any atom is -0.506 e. The van der Waals surface area contributed by atoms with Gasteiger partial charge in [-0.3, -0.25) is 9.98 Å². The van der Waals surface area contributed by atoms with E-state index in [0.717, 1.165) is 25.7 Å². The predicted octanol–water partition coefficient (Wildman–Crippen LogP) is 4.16. The summed E-state index contributed by atoms with van der Waals surface area (Å²) in [5.41, 5.74) is -0.767. The van der Waals surface area contributed by atoms with Crippen molar-refractivity contribution in [1.82, 2.24) is 0 Å². The van der Waals surface area contributed by atoms with Crippen LogP contribution in [0.2, 0.25) is 0 Å². The van der Waals surface area contributed by atoms with Gasteiger partial charge in [0.2, 0.25) is 0 Å². The fraction of sp³-hybridized carbons (Fsp3) is 0.231. The second kappa shape index (κ2) is 8.97. The first kappa shape index (κ1) is 21.6. The zero-order valence-electron chi connectivity index (χ0n) is 18.2. The van der Waals surface area contributed by atoms with Gasteiger partial charge in [0.1, 0.15) is 33.8 Å². The number of fused-ring (bicyclic) bond motifs is 2. The molecule has 0 radical (unpaired) electrons. The maximum atomic E-state index is 12.4. The number of aromatic hydroxyl groups is 2. The Morgan fingerprint density at radius 3 is 1.56 bits per heavy atom. The highest BCUT2D eigenvalue weighted by Gasteiger charge is 2.24. The van der Waals surface area contributed by atoms with Gasteiger partial charge in [0, 0.05) is 12.4 Å². The van der Waals surface area contributed by atoms with Gasteiger partial charge in [-0.1, -0.05) is 37.1 Å². The number of para-hydroxylation sites is 2. The number of benzene rings is 2. The fourth-order valence-corrected chi connectivity index (χ4v) is 4.30. The Bertz CT molecular complexity index is 1430. The minimum absolute atomic E-state index is 0.0141. The van der Waals surface area contributed by atoms with Crippen molar-refractivity contribution in [3.63, 3.8) is 0 Å². The van der Waals surface area contributed by atoms with Crippen molar-refractivity contribution in [1.29, 1.82) is 0 Å². The van der Waals surface area contributed by atoms with Gasteiger partial charge in [0.05, 0.1) is 22.9 Å². The number of hydrogen-bond acceptors (Lipinski definition) is 8. The third-order valence-electron chi connectivity index (χ3n) is 6.12.